The molecule has 21 heavy (non-hydrogen) atoms. The summed E-state index contributed by atoms with van der Waals surface area (Å²) in [7, 11) is 0. The van der Waals surface area contributed by atoms with Crippen molar-refractivity contribution < 1.29 is 13.9 Å². The SMILES string of the molecule is CCOc1cccc(NC(=O)Nc2ccc(C)c(F)c2)c1. The predicted molar refractivity (Wildman–Crippen MR) is 81.4 cm³/mol. The number of benzene rings is 2. The Kier molecular flexibility index (Phi) is 4.77. The second-order valence-corrected chi connectivity index (χ2v) is 4.50. The first-order valence-corrected chi connectivity index (χ1v) is 6.65. The van der Waals surface area contributed by atoms with Crippen LogP contribution in [0, 0.1) is 12.7 Å². The Labute approximate surface area is 122 Å². The van der Waals surface area contributed by atoms with E-state index in [2.05, 4.69) is 10.6 Å². The second kappa shape index (κ2) is 6.74. The van der Waals surface area contributed by atoms with Gasteiger partial charge in [-0.1, -0.05) is 12.1 Å². The van der Waals surface area contributed by atoms with Crippen molar-refractivity contribution in [2.45, 2.75) is 13.8 Å². The van der Waals surface area contributed by atoms with Crippen LogP contribution in [-0.4, -0.2) is 12.6 Å². The number of halogens is 1. The Morgan fingerprint density at radius 3 is 2.52 bits per heavy atom. The third-order valence-corrected chi connectivity index (χ3v) is 2.83. The van der Waals surface area contributed by atoms with Gasteiger partial charge < -0.3 is 15.4 Å². The monoisotopic (exact) mass is 288 g/mol. The molecule has 0 bridgehead atoms. The van der Waals surface area contributed by atoms with Gasteiger partial charge in [-0.2, -0.15) is 0 Å². The van der Waals surface area contributed by atoms with Crippen molar-refractivity contribution in [2.24, 2.45) is 0 Å². The van der Waals surface area contributed by atoms with Crippen LogP contribution < -0.4 is 15.4 Å². The third-order valence-electron chi connectivity index (χ3n) is 2.83. The van der Waals surface area contributed by atoms with Crippen molar-refractivity contribution in [3.8, 4) is 5.75 Å². The first kappa shape index (κ1) is 14.8. The Balaban J connectivity index is 2.01. The van der Waals surface area contributed by atoms with Crippen LogP contribution in [0.5, 0.6) is 5.75 Å². The molecule has 2 aromatic carbocycles. The molecular formula is C16H17FN2O2. The first-order valence-electron chi connectivity index (χ1n) is 6.65. The Morgan fingerprint density at radius 2 is 1.86 bits per heavy atom. The van der Waals surface area contributed by atoms with Gasteiger partial charge in [0, 0.05) is 17.4 Å². The molecule has 0 aliphatic rings. The molecule has 0 radical (unpaired) electrons. The van der Waals surface area contributed by atoms with E-state index in [1.807, 2.05) is 13.0 Å². The summed E-state index contributed by atoms with van der Waals surface area (Å²) in [5, 5.41) is 5.25. The number of carbonyl (C=O) groups excluding carboxylic acids is 1. The normalized spacial score (nSPS) is 10.0. The lowest BCUT2D eigenvalue weighted by molar-refractivity contribution is 0.262. The van der Waals surface area contributed by atoms with Crippen LogP contribution in [-0.2, 0) is 0 Å². The summed E-state index contributed by atoms with van der Waals surface area (Å²) in [6.07, 6.45) is 0. The molecule has 0 spiro atoms. The molecule has 0 unspecified atom stereocenters. The molecule has 2 N–H and O–H groups in total. The van der Waals surface area contributed by atoms with Gasteiger partial charge in [-0.15, -0.1) is 0 Å². The minimum atomic E-state index is -0.438. The summed E-state index contributed by atoms with van der Waals surface area (Å²) in [5.74, 6) is 0.322. The van der Waals surface area contributed by atoms with Crippen LogP contribution in [0.25, 0.3) is 0 Å². The van der Waals surface area contributed by atoms with E-state index in [1.165, 1.54) is 6.07 Å². The topological polar surface area (TPSA) is 50.4 Å². The Hall–Kier alpha value is -2.56. The lowest BCUT2D eigenvalue weighted by Crippen LogP contribution is -2.19. The average Bonchev–Trinajstić information content (AvgIpc) is 2.43. The summed E-state index contributed by atoms with van der Waals surface area (Å²) in [5.41, 5.74) is 1.54. The molecule has 5 heteroatoms. The van der Waals surface area contributed by atoms with Gasteiger partial charge in [-0.25, -0.2) is 9.18 Å². The van der Waals surface area contributed by atoms with Crippen LogP contribution in [0.4, 0.5) is 20.6 Å². The lowest BCUT2D eigenvalue weighted by atomic mass is 10.2. The van der Waals surface area contributed by atoms with E-state index in [4.69, 9.17) is 4.74 Å². The maximum Gasteiger partial charge on any atom is 0.323 e. The highest BCUT2D eigenvalue weighted by molar-refractivity contribution is 5.99. The number of hydrogen-bond donors (Lipinski definition) is 2. The number of ether oxygens (including phenoxy) is 1. The fraction of sp³-hybridized carbons (Fsp3) is 0.188. The van der Waals surface area contributed by atoms with Crippen molar-refractivity contribution >= 4 is 17.4 Å². The zero-order chi connectivity index (χ0) is 15.2. The first-order chi connectivity index (χ1) is 10.1. The Bertz CT molecular complexity index is 644. The van der Waals surface area contributed by atoms with Gasteiger partial charge in [0.05, 0.1) is 6.61 Å². The van der Waals surface area contributed by atoms with Crippen LogP contribution in [0.3, 0.4) is 0 Å². The summed E-state index contributed by atoms with van der Waals surface area (Å²) < 4.78 is 18.8. The maximum atomic E-state index is 13.4. The van der Waals surface area contributed by atoms with E-state index in [9.17, 15) is 9.18 Å². The predicted octanol–water partition coefficient (Wildman–Crippen LogP) is 4.18. The lowest BCUT2D eigenvalue weighted by Gasteiger charge is -2.10. The van der Waals surface area contributed by atoms with Gasteiger partial charge in [0.2, 0.25) is 0 Å². The number of carbonyl (C=O) groups is 1. The number of anilines is 2. The molecule has 2 amide bonds. The number of aryl methyl sites for hydroxylation is 1. The molecular weight excluding hydrogens is 271 g/mol. The third kappa shape index (κ3) is 4.21. The smallest absolute Gasteiger partial charge is 0.323 e. The number of nitrogens with one attached hydrogen (secondary N) is 2. The highest BCUT2D eigenvalue weighted by Crippen LogP contribution is 2.18. The molecule has 0 heterocycles. The molecule has 2 rings (SSSR count). The van der Waals surface area contributed by atoms with E-state index in [0.29, 0.717) is 29.3 Å². The average molecular weight is 288 g/mol. The minimum Gasteiger partial charge on any atom is -0.494 e. The highest BCUT2D eigenvalue weighted by atomic mass is 19.1. The van der Waals surface area contributed by atoms with E-state index in [1.54, 1.807) is 37.3 Å². The summed E-state index contributed by atoms with van der Waals surface area (Å²) in [6, 6.07) is 11.2. The van der Waals surface area contributed by atoms with Gasteiger partial charge in [0.15, 0.2) is 0 Å². The molecule has 4 nitrogen and oxygen atoms in total. The number of amides is 2. The molecule has 0 saturated carbocycles. The highest BCUT2D eigenvalue weighted by Gasteiger charge is 2.05. The van der Waals surface area contributed by atoms with Gasteiger partial charge >= 0.3 is 6.03 Å². The van der Waals surface area contributed by atoms with Gasteiger partial charge in [-0.3, -0.25) is 0 Å². The molecule has 0 aliphatic heterocycles. The largest absolute Gasteiger partial charge is 0.494 e. The standard InChI is InChI=1S/C16H17FN2O2/c1-3-21-14-6-4-5-12(9-14)18-16(20)19-13-8-7-11(2)15(17)10-13/h4-10H,3H2,1-2H3,(H2,18,19,20). The van der Waals surface area contributed by atoms with E-state index in [-0.39, 0.29) is 5.82 Å². The molecule has 2 aromatic rings. The molecule has 0 atom stereocenters. The number of rotatable bonds is 4. The minimum absolute atomic E-state index is 0.355. The molecule has 0 aliphatic carbocycles. The maximum absolute atomic E-state index is 13.4. The van der Waals surface area contributed by atoms with Crippen LogP contribution >= 0.6 is 0 Å². The zero-order valence-electron chi connectivity index (χ0n) is 11.9. The fourth-order valence-electron chi connectivity index (χ4n) is 1.79. The summed E-state index contributed by atoms with van der Waals surface area (Å²) in [6.45, 7) is 4.11. The fourth-order valence-corrected chi connectivity index (χ4v) is 1.79. The quantitative estimate of drug-likeness (QED) is 0.886. The second-order valence-electron chi connectivity index (χ2n) is 4.50. The molecule has 0 fully saturated rings. The van der Waals surface area contributed by atoms with Crippen molar-refractivity contribution in [3.05, 3.63) is 53.8 Å². The van der Waals surface area contributed by atoms with Gasteiger partial charge in [-0.05, 0) is 43.7 Å². The van der Waals surface area contributed by atoms with Crippen molar-refractivity contribution in [1.29, 1.82) is 0 Å². The number of hydrogen-bond acceptors (Lipinski definition) is 2. The van der Waals surface area contributed by atoms with E-state index >= 15 is 0 Å². The summed E-state index contributed by atoms with van der Waals surface area (Å²) in [4.78, 5) is 11.9. The Morgan fingerprint density at radius 1 is 1.14 bits per heavy atom. The summed E-state index contributed by atoms with van der Waals surface area (Å²) >= 11 is 0. The van der Waals surface area contributed by atoms with Crippen molar-refractivity contribution in [3.63, 3.8) is 0 Å². The van der Waals surface area contributed by atoms with Gasteiger partial charge in [0.1, 0.15) is 11.6 Å². The van der Waals surface area contributed by atoms with Crippen LogP contribution in [0.1, 0.15) is 12.5 Å². The van der Waals surface area contributed by atoms with Crippen molar-refractivity contribution in [1.82, 2.24) is 0 Å². The van der Waals surface area contributed by atoms with Crippen molar-refractivity contribution in [2.75, 3.05) is 17.2 Å². The van der Waals surface area contributed by atoms with E-state index < -0.39 is 6.03 Å². The molecule has 0 aromatic heterocycles. The van der Waals surface area contributed by atoms with Gasteiger partial charge in [0.25, 0.3) is 0 Å². The van der Waals surface area contributed by atoms with Crippen LogP contribution in [0.15, 0.2) is 42.5 Å². The number of urea groups is 1. The van der Waals surface area contributed by atoms with Crippen LogP contribution in [0.2, 0.25) is 0 Å². The zero-order valence-corrected chi connectivity index (χ0v) is 11.9. The molecule has 110 valence electrons. The van der Waals surface area contributed by atoms with E-state index in [0.717, 1.165) is 0 Å². The molecule has 0 saturated heterocycles.